The van der Waals surface area contributed by atoms with Gasteiger partial charge in [0.25, 0.3) is 0 Å². The van der Waals surface area contributed by atoms with Gasteiger partial charge in [-0.1, -0.05) is 24.6 Å². The number of aromatic nitrogens is 1. The van der Waals surface area contributed by atoms with E-state index in [-0.39, 0.29) is 0 Å². The lowest BCUT2D eigenvalue weighted by atomic mass is 10.3. The normalized spacial score (nSPS) is 10.5. The molecule has 1 aromatic heterocycles. The van der Waals surface area contributed by atoms with Crippen molar-refractivity contribution in [3.63, 3.8) is 0 Å². The summed E-state index contributed by atoms with van der Waals surface area (Å²) in [6.07, 6.45) is 5.18. The van der Waals surface area contributed by atoms with E-state index in [2.05, 4.69) is 35.8 Å². The van der Waals surface area contributed by atoms with Crippen LogP contribution in [0.4, 0.5) is 5.82 Å². The maximum absolute atomic E-state index is 6.17. The number of rotatable bonds is 9. The SMILES string of the molecule is C=CCCCN(C)c1ccc(Cl)c(CNCCC)n1. The third-order valence-electron chi connectivity index (χ3n) is 2.92. The zero-order chi connectivity index (χ0) is 14.1. The molecule has 0 aliphatic rings. The monoisotopic (exact) mass is 281 g/mol. The number of pyridine rings is 1. The molecule has 0 fully saturated rings. The highest BCUT2D eigenvalue weighted by Crippen LogP contribution is 2.19. The second-order valence-electron chi connectivity index (χ2n) is 4.63. The summed E-state index contributed by atoms with van der Waals surface area (Å²) in [6.45, 7) is 8.56. The summed E-state index contributed by atoms with van der Waals surface area (Å²) in [5.74, 6) is 0.974. The number of nitrogens with zero attached hydrogens (tertiary/aromatic N) is 2. The van der Waals surface area contributed by atoms with Crippen LogP contribution < -0.4 is 10.2 Å². The molecule has 0 radical (unpaired) electrons. The summed E-state index contributed by atoms with van der Waals surface area (Å²) in [5.41, 5.74) is 0.920. The Morgan fingerprint density at radius 1 is 1.47 bits per heavy atom. The minimum absolute atomic E-state index is 0.723. The number of anilines is 1. The molecule has 0 spiro atoms. The molecule has 106 valence electrons. The lowest BCUT2D eigenvalue weighted by Gasteiger charge is -2.19. The van der Waals surface area contributed by atoms with Gasteiger partial charge in [0.2, 0.25) is 0 Å². The topological polar surface area (TPSA) is 28.2 Å². The molecule has 1 heterocycles. The molecule has 0 aromatic carbocycles. The molecule has 0 aliphatic heterocycles. The van der Waals surface area contributed by atoms with Crippen molar-refractivity contribution in [2.75, 3.05) is 25.0 Å². The Bertz CT molecular complexity index is 393. The highest BCUT2D eigenvalue weighted by Gasteiger charge is 2.07. The highest BCUT2D eigenvalue weighted by atomic mass is 35.5. The zero-order valence-corrected chi connectivity index (χ0v) is 12.7. The van der Waals surface area contributed by atoms with Crippen LogP contribution in [0.5, 0.6) is 0 Å². The van der Waals surface area contributed by atoms with Crippen LogP contribution in [-0.2, 0) is 6.54 Å². The molecule has 19 heavy (non-hydrogen) atoms. The van der Waals surface area contributed by atoms with Crippen LogP contribution in [0.25, 0.3) is 0 Å². The third-order valence-corrected chi connectivity index (χ3v) is 3.26. The van der Waals surface area contributed by atoms with Crippen LogP contribution in [0.2, 0.25) is 5.02 Å². The van der Waals surface area contributed by atoms with Gasteiger partial charge in [0.05, 0.1) is 10.7 Å². The van der Waals surface area contributed by atoms with E-state index < -0.39 is 0 Å². The van der Waals surface area contributed by atoms with Crippen LogP contribution in [0.1, 0.15) is 31.9 Å². The van der Waals surface area contributed by atoms with Gasteiger partial charge in [-0.25, -0.2) is 4.98 Å². The van der Waals surface area contributed by atoms with Gasteiger partial charge in [-0.15, -0.1) is 6.58 Å². The second-order valence-corrected chi connectivity index (χ2v) is 5.03. The molecule has 0 aliphatic carbocycles. The van der Waals surface area contributed by atoms with Crippen molar-refractivity contribution in [3.8, 4) is 0 Å². The van der Waals surface area contributed by atoms with E-state index in [1.54, 1.807) is 0 Å². The summed E-state index contributed by atoms with van der Waals surface area (Å²) < 4.78 is 0. The van der Waals surface area contributed by atoms with Gasteiger partial charge in [-0.05, 0) is 37.9 Å². The third kappa shape index (κ3) is 5.62. The molecule has 0 amide bonds. The van der Waals surface area contributed by atoms with Gasteiger partial charge < -0.3 is 10.2 Å². The quantitative estimate of drug-likeness (QED) is 0.553. The lowest BCUT2D eigenvalue weighted by Crippen LogP contribution is -2.21. The maximum Gasteiger partial charge on any atom is 0.128 e. The van der Waals surface area contributed by atoms with Crippen molar-refractivity contribution in [3.05, 3.63) is 35.5 Å². The van der Waals surface area contributed by atoms with E-state index in [1.807, 2.05) is 18.2 Å². The van der Waals surface area contributed by atoms with Crippen molar-refractivity contribution < 1.29 is 0 Å². The predicted molar refractivity (Wildman–Crippen MR) is 83.9 cm³/mol. The maximum atomic E-state index is 6.17. The smallest absolute Gasteiger partial charge is 0.128 e. The minimum atomic E-state index is 0.723. The van der Waals surface area contributed by atoms with Gasteiger partial charge in [0.15, 0.2) is 0 Å². The minimum Gasteiger partial charge on any atom is -0.360 e. The van der Waals surface area contributed by atoms with E-state index in [0.29, 0.717) is 0 Å². The summed E-state index contributed by atoms with van der Waals surface area (Å²) in [4.78, 5) is 6.78. The molecule has 1 aromatic rings. The first-order valence-electron chi connectivity index (χ1n) is 6.87. The molecular formula is C15H24ClN3. The van der Waals surface area contributed by atoms with Crippen molar-refractivity contribution >= 4 is 17.4 Å². The summed E-state index contributed by atoms with van der Waals surface area (Å²) >= 11 is 6.17. The number of unbranched alkanes of at least 4 members (excludes halogenated alkanes) is 1. The molecular weight excluding hydrogens is 258 g/mol. The van der Waals surface area contributed by atoms with E-state index in [4.69, 9.17) is 11.6 Å². The Morgan fingerprint density at radius 3 is 2.95 bits per heavy atom. The fraction of sp³-hybridized carbons (Fsp3) is 0.533. The van der Waals surface area contributed by atoms with Gasteiger partial charge >= 0.3 is 0 Å². The van der Waals surface area contributed by atoms with E-state index in [1.165, 1.54) is 0 Å². The van der Waals surface area contributed by atoms with Gasteiger partial charge in [0, 0.05) is 20.1 Å². The fourth-order valence-corrected chi connectivity index (χ4v) is 1.95. The molecule has 0 unspecified atom stereocenters. The molecule has 0 bridgehead atoms. The van der Waals surface area contributed by atoms with Crippen LogP contribution in [0, 0.1) is 0 Å². The molecule has 0 saturated carbocycles. The molecule has 1 N–H and O–H groups in total. The van der Waals surface area contributed by atoms with Gasteiger partial charge in [-0.3, -0.25) is 0 Å². The van der Waals surface area contributed by atoms with Crippen molar-refractivity contribution in [1.29, 1.82) is 0 Å². The van der Waals surface area contributed by atoms with Gasteiger partial charge in [0.1, 0.15) is 5.82 Å². The van der Waals surface area contributed by atoms with Crippen LogP contribution >= 0.6 is 11.6 Å². The standard InChI is InChI=1S/C15H24ClN3/c1-4-6-7-11-19(3)15-9-8-13(16)14(18-15)12-17-10-5-2/h4,8-9,17H,1,5-7,10-12H2,2-3H3. The number of halogens is 1. The predicted octanol–water partition coefficient (Wildman–Crippen LogP) is 3.64. The summed E-state index contributed by atoms with van der Waals surface area (Å²) in [6, 6.07) is 3.90. The fourth-order valence-electron chi connectivity index (χ4n) is 1.78. The number of hydrogen-bond donors (Lipinski definition) is 1. The Kier molecular flexibility index (Phi) is 7.53. The largest absolute Gasteiger partial charge is 0.360 e. The lowest BCUT2D eigenvalue weighted by molar-refractivity contribution is 0.663. The Balaban J connectivity index is 2.63. The number of hydrogen-bond acceptors (Lipinski definition) is 3. The van der Waals surface area contributed by atoms with Crippen molar-refractivity contribution in [1.82, 2.24) is 10.3 Å². The summed E-state index contributed by atoms with van der Waals surface area (Å²) in [5, 5.41) is 4.06. The molecule has 0 saturated heterocycles. The first-order chi connectivity index (χ1) is 9.19. The first kappa shape index (κ1) is 16.0. The Hall–Kier alpha value is -1.06. The molecule has 1 rings (SSSR count). The first-order valence-corrected chi connectivity index (χ1v) is 7.25. The zero-order valence-electron chi connectivity index (χ0n) is 12.0. The molecule has 4 heteroatoms. The van der Waals surface area contributed by atoms with Crippen LogP contribution in [0.15, 0.2) is 24.8 Å². The number of allylic oxidation sites excluding steroid dienone is 1. The van der Waals surface area contributed by atoms with Gasteiger partial charge in [-0.2, -0.15) is 0 Å². The van der Waals surface area contributed by atoms with Crippen molar-refractivity contribution in [2.45, 2.75) is 32.7 Å². The number of nitrogens with one attached hydrogen (secondary N) is 1. The Morgan fingerprint density at radius 2 is 2.26 bits per heavy atom. The van der Waals surface area contributed by atoms with Crippen molar-refractivity contribution in [2.24, 2.45) is 0 Å². The molecule has 0 atom stereocenters. The molecule has 3 nitrogen and oxygen atoms in total. The van der Waals surface area contributed by atoms with Crippen LogP contribution in [-0.4, -0.2) is 25.1 Å². The van der Waals surface area contributed by atoms with E-state index in [0.717, 1.165) is 55.4 Å². The summed E-state index contributed by atoms with van der Waals surface area (Å²) in [7, 11) is 2.06. The second kappa shape index (κ2) is 8.94. The van der Waals surface area contributed by atoms with Crippen LogP contribution in [0.3, 0.4) is 0 Å². The average Bonchev–Trinajstić information content (AvgIpc) is 2.41. The average molecular weight is 282 g/mol. The Labute approximate surface area is 121 Å². The van der Waals surface area contributed by atoms with E-state index in [9.17, 15) is 0 Å². The van der Waals surface area contributed by atoms with E-state index >= 15 is 0 Å². The highest BCUT2D eigenvalue weighted by molar-refractivity contribution is 6.31.